The topological polar surface area (TPSA) is 50.2 Å². The maximum atomic E-state index is 12.2. The third-order valence-corrected chi connectivity index (χ3v) is 4.19. The number of aromatic nitrogens is 2. The number of hydrogen-bond acceptors (Lipinski definition) is 3. The lowest BCUT2D eigenvalue weighted by molar-refractivity contribution is -0.131. The van der Waals surface area contributed by atoms with Crippen LogP contribution < -0.4 is 5.32 Å². The molecular formula is C13H20N4O. The number of amides is 1. The molecule has 2 aliphatic heterocycles. The summed E-state index contributed by atoms with van der Waals surface area (Å²) in [4.78, 5) is 14.3. The van der Waals surface area contributed by atoms with Gasteiger partial charge in [0, 0.05) is 44.5 Å². The summed E-state index contributed by atoms with van der Waals surface area (Å²) in [7, 11) is 1.95. The van der Waals surface area contributed by atoms with Crippen LogP contribution in [0.2, 0.25) is 0 Å². The van der Waals surface area contributed by atoms with E-state index in [-0.39, 0.29) is 5.92 Å². The molecule has 1 N–H and O–H groups in total. The number of hydrogen-bond donors (Lipinski definition) is 1. The van der Waals surface area contributed by atoms with Crippen LogP contribution in [0.1, 0.15) is 18.5 Å². The predicted octanol–water partition coefficient (Wildman–Crippen LogP) is 0.173. The van der Waals surface area contributed by atoms with Crippen molar-refractivity contribution in [1.29, 1.82) is 0 Å². The second-order valence-corrected chi connectivity index (χ2v) is 5.29. The number of piperidine rings is 1. The van der Waals surface area contributed by atoms with Gasteiger partial charge in [0.2, 0.25) is 5.91 Å². The molecule has 3 rings (SSSR count). The lowest BCUT2D eigenvalue weighted by atomic mass is 9.94. The van der Waals surface area contributed by atoms with Crippen molar-refractivity contribution < 1.29 is 4.79 Å². The SMILES string of the molecule is Cn1nccc1CCN1CC2NCCCC2C1=O. The monoisotopic (exact) mass is 248 g/mol. The molecule has 0 spiro atoms. The molecule has 2 atom stereocenters. The summed E-state index contributed by atoms with van der Waals surface area (Å²) < 4.78 is 1.88. The molecule has 0 aromatic carbocycles. The van der Waals surface area contributed by atoms with Crippen LogP contribution >= 0.6 is 0 Å². The molecule has 98 valence electrons. The first-order chi connectivity index (χ1) is 8.75. The van der Waals surface area contributed by atoms with Gasteiger partial charge in [0.15, 0.2) is 0 Å². The fraction of sp³-hybridized carbons (Fsp3) is 0.692. The molecule has 1 amide bonds. The number of rotatable bonds is 3. The van der Waals surface area contributed by atoms with Gasteiger partial charge in [-0.05, 0) is 25.5 Å². The molecule has 1 aromatic rings. The van der Waals surface area contributed by atoms with Gasteiger partial charge >= 0.3 is 0 Å². The molecule has 2 fully saturated rings. The molecule has 0 bridgehead atoms. The molecule has 0 aliphatic carbocycles. The maximum absolute atomic E-state index is 12.2. The van der Waals surface area contributed by atoms with Gasteiger partial charge in [-0.2, -0.15) is 5.10 Å². The summed E-state index contributed by atoms with van der Waals surface area (Å²) in [6, 6.07) is 2.41. The van der Waals surface area contributed by atoms with E-state index in [9.17, 15) is 4.79 Å². The van der Waals surface area contributed by atoms with Crippen LogP contribution in [0, 0.1) is 5.92 Å². The summed E-state index contributed by atoms with van der Waals surface area (Å²) in [6.07, 6.45) is 4.88. The second kappa shape index (κ2) is 4.72. The number of nitrogens with one attached hydrogen (secondary N) is 1. The Morgan fingerprint density at radius 2 is 2.44 bits per heavy atom. The summed E-state index contributed by atoms with van der Waals surface area (Å²) in [6.45, 7) is 2.75. The third kappa shape index (κ3) is 2.03. The summed E-state index contributed by atoms with van der Waals surface area (Å²) in [5.41, 5.74) is 1.19. The largest absolute Gasteiger partial charge is 0.340 e. The zero-order valence-corrected chi connectivity index (χ0v) is 10.8. The van der Waals surface area contributed by atoms with Crippen LogP contribution in [0.15, 0.2) is 12.3 Å². The van der Waals surface area contributed by atoms with E-state index in [1.807, 2.05) is 28.9 Å². The average molecular weight is 248 g/mol. The number of likely N-dealkylation sites (tertiary alicyclic amines) is 1. The Balaban J connectivity index is 1.60. The maximum Gasteiger partial charge on any atom is 0.227 e. The Labute approximate surface area is 107 Å². The lowest BCUT2D eigenvalue weighted by Gasteiger charge is -2.23. The molecule has 5 nitrogen and oxygen atoms in total. The predicted molar refractivity (Wildman–Crippen MR) is 68.0 cm³/mol. The van der Waals surface area contributed by atoms with E-state index in [2.05, 4.69) is 10.4 Å². The Morgan fingerprint density at radius 1 is 1.56 bits per heavy atom. The van der Waals surface area contributed by atoms with Gasteiger partial charge in [0.05, 0.1) is 5.92 Å². The number of carbonyl (C=O) groups is 1. The minimum Gasteiger partial charge on any atom is -0.340 e. The van der Waals surface area contributed by atoms with Crippen molar-refractivity contribution in [3.63, 3.8) is 0 Å². The minimum atomic E-state index is 0.227. The van der Waals surface area contributed by atoms with Crippen molar-refractivity contribution in [3.8, 4) is 0 Å². The molecule has 2 unspecified atom stereocenters. The van der Waals surface area contributed by atoms with E-state index in [1.54, 1.807) is 0 Å². The average Bonchev–Trinajstić information content (AvgIpc) is 2.92. The first-order valence-electron chi connectivity index (χ1n) is 6.75. The van der Waals surface area contributed by atoms with Gasteiger partial charge in [-0.25, -0.2) is 0 Å². The molecule has 1 aromatic heterocycles. The molecule has 3 heterocycles. The number of carbonyl (C=O) groups excluding carboxylic acids is 1. The molecule has 0 radical (unpaired) electrons. The highest BCUT2D eigenvalue weighted by atomic mass is 16.2. The van der Waals surface area contributed by atoms with E-state index in [4.69, 9.17) is 0 Å². The summed E-state index contributed by atoms with van der Waals surface area (Å²) >= 11 is 0. The van der Waals surface area contributed by atoms with Crippen molar-refractivity contribution in [1.82, 2.24) is 20.0 Å². The molecule has 18 heavy (non-hydrogen) atoms. The zero-order chi connectivity index (χ0) is 12.5. The smallest absolute Gasteiger partial charge is 0.227 e. The van der Waals surface area contributed by atoms with Crippen LogP contribution in [-0.4, -0.2) is 46.3 Å². The first-order valence-corrected chi connectivity index (χ1v) is 6.75. The van der Waals surface area contributed by atoms with Crippen LogP contribution in [-0.2, 0) is 18.3 Å². The zero-order valence-electron chi connectivity index (χ0n) is 10.8. The quantitative estimate of drug-likeness (QED) is 0.830. The molecule has 2 saturated heterocycles. The fourth-order valence-corrected chi connectivity index (χ4v) is 3.10. The highest BCUT2D eigenvalue weighted by Gasteiger charge is 2.40. The molecule has 5 heteroatoms. The summed E-state index contributed by atoms with van der Waals surface area (Å²) in [5.74, 6) is 0.569. The number of aryl methyl sites for hydroxylation is 1. The van der Waals surface area contributed by atoms with Crippen LogP contribution in [0.4, 0.5) is 0 Å². The van der Waals surface area contributed by atoms with E-state index >= 15 is 0 Å². The van der Waals surface area contributed by atoms with Crippen molar-refractivity contribution >= 4 is 5.91 Å². The van der Waals surface area contributed by atoms with E-state index < -0.39 is 0 Å². The highest BCUT2D eigenvalue weighted by Crippen LogP contribution is 2.26. The van der Waals surface area contributed by atoms with E-state index in [0.717, 1.165) is 38.9 Å². The van der Waals surface area contributed by atoms with E-state index in [0.29, 0.717) is 11.9 Å². The second-order valence-electron chi connectivity index (χ2n) is 5.29. The van der Waals surface area contributed by atoms with Gasteiger partial charge < -0.3 is 10.2 Å². The van der Waals surface area contributed by atoms with Crippen molar-refractivity contribution in [2.75, 3.05) is 19.6 Å². The Hall–Kier alpha value is -1.36. The van der Waals surface area contributed by atoms with Gasteiger partial charge in [-0.1, -0.05) is 0 Å². The van der Waals surface area contributed by atoms with Crippen LogP contribution in [0.5, 0.6) is 0 Å². The Morgan fingerprint density at radius 3 is 3.17 bits per heavy atom. The standard InChI is InChI=1S/C13H20N4O/c1-16-10(4-7-15-16)5-8-17-9-12-11(13(17)18)3-2-6-14-12/h4,7,11-12,14H,2-3,5-6,8-9H2,1H3. The van der Waals surface area contributed by atoms with E-state index in [1.165, 1.54) is 5.69 Å². The Kier molecular flexibility index (Phi) is 3.07. The van der Waals surface area contributed by atoms with Crippen LogP contribution in [0.3, 0.4) is 0 Å². The number of fused-ring (bicyclic) bond motifs is 1. The van der Waals surface area contributed by atoms with Gasteiger partial charge in [0.1, 0.15) is 0 Å². The molecular weight excluding hydrogens is 228 g/mol. The van der Waals surface area contributed by atoms with Gasteiger partial charge in [-0.15, -0.1) is 0 Å². The van der Waals surface area contributed by atoms with Crippen LogP contribution in [0.25, 0.3) is 0 Å². The van der Waals surface area contributed by atoms with Crippen molar-refractivity contribution in [3.05, 3.63) is 18.0 Å². The molecule has 0 saturated carbocycles. The van der Waals surface area contributed by atoms with Gasteiger partial charge in [-0.3, -0.25) is 9.48 Å². The summed E-state index contributed by atoms with van der Waals surface area (Å²) in [5, 5.41) is 7.62. The molecule has 2 aliphatic rings. The van der Waals surface area contributed by atoms with Crippen molar-refractivity contribution in [2.45, 2.75) is 25.3 Å². The minimum absolute atomic E-state index is 0.227. The third-order valence-electron chi connectivity index (χ3n) is 4.19. The number of nitrogens with zero attached hydrogens (tertiary/aromatic N) is 3. The van der Waals surface area contributed by atoms with Crippen molar-refractivity contribution in [2.24, 2.45) is 13.0 Å². The van der Waals surface area contributed by atoms with Gasteiger partial charge in [0.25, 0.3) is 0 Å². The normalized spacial score (nSPS) is 27.6. The highest BCUT2D eigenvalue weighted by molar-refractivity contribution is 5.82. The lowest BCUT2D eigenvalue weighted by Crippen LogP contribution is -2.41. The first kappa shape index (κ1) is 11.7. The fourth-order valence-electron chi connectivity index (χ4n) is 3.10. The Bertz CT molecular complexity index is 442.